The average molecular weight is 218 g/mol. The predicted octanol–water partition coefficient (Wildman–Crippen LogP) is 2.41. The lowest BCUT2D eigenvalue weighted by atomic mass is 10.1. The maximum absolute atomic E-state index is 11.4. The minimum atomic E-state index is -0.205. The molecule has 1 unspecified atom stereocenters. The Labute approximate surface area is 94.7 Å². The topological polar surface area (TPSA) is 35.5 Å². The first-order valence-electron chi connectivity index (χ1n) is 5.24. The van der Waals surface area contributed by atoms with Gasteiger partial charge in [0, 0.05) is 12.0 Å². The van der Waals surface area contributed by atoms with Gasteiger partial charge in [0.1, 0.15) is 11.9 Å². The fraction of sp³-hybridized carbons (Fsp3) is 0.308. The van der Waals surface area contributed by atoms with Gasteiger partial charge >= 0.3 is 5.97 Å². The van der Waals surface area contributed by atoms with Crippen molar-refractivity contribution in [2.24, 2.45) is 0 Å². The van der Waals surface area contributed by atoms with E-state index in [2.05, 4.69) is 0 Å². The van der Waals surface area contributed by atoms with Crippen molar-refractivity contribution in [2.75, 3.05) is 7.11 Å². The van der Waals surface area contributed by atoms with Crippen LogP contribution >= 0.6 is 0 Å². The molecule has 0 saturated carbocycles. The Morgan fingerprint density at radius 2 is 2.06 bits per heavy atom. The number of methoxy groups -OCH3 is 1. The van der Waals surface area contributed by atoms with Crippen molar-refractivity contribution in [3.8, 4) is 5.75 Å². The van der Waals surface area contributed by atoms with E-state index < -0.39 is 0 Å². The second-order valence-electron chi connectivity index (χ2n) is 3.86. The van der Waals surface area contributed by atoms with E-state index in [0.29, 0.717) is 6.42 Å². The van der Waals surface area contributed by atoms with Crippen LogP contribution in [-0.4, -0.2) is 19.2 Å². The summed E-state index contributed by atoms with van der Waals surface area (Å²) in [5, 5.41) is 0. The summed E-state index contributed by atoms with van der Waals surface area (Å²) in [4.78, 5) is 11.4. The van der Waals surface area contributed by atoms with E-state index in [9.17, 15) is 4.79 Å². The van der Waals surface area contributed by atoms with Gasteiger partial charge < -0.3 is 9.47 Å². The van der Waals surface area contributed by atoms with Crippen LogP contribution < -0.4 is 4.74 Å². The van der Waals surface area contributed by atoms with Crippen LogP contribution in [0.3, 0.4) is 0 Å². The number of benzene rings is 1. The van der Waals surface area contributed by atoms with Crippen LogP contribution in [0.4, 0.5) is 0 Å². The smallest absolute Gasteiger partial charge is 0.334 e. The van der Waals surface area contributed by atoms with E-state index in [-0.39, 0.29) is 12.1 Å². The largest absolute Gasteiger partial charge is 0.497 e. The molecule has 0 bridgehead atoms. The molecule has 0 amide bonds. The third kappa shape index (κ3) is 2.24. The molecule has 3 heteroatoms. The molecule has 1 atom stereocenters. The second kappa shape index (κ2) is 4.39. The van der Waals surface area contributed by atoms with Crippen LogP contribution in [0.5, 0.6) is 5.75 Å². The van der Waals surface area contributed by atoms with E-state index in [4.69, 9.17) is 9.47 Å². The van der Waals surface area contributed by atoms with Crippen molar-refractivity contribution in [3.63, 3.8) is 0 Å². The van der Waals surface area contributed by atoms with Gasteiger partial charge in [0.2, 0.25) is 0 Å². The van der Waals surface area contributed by atoms with E-state index >= 15 is 0 Å². The Bertz CT molecular complexity index is 417. The molecule has 3 nitrogen and oxygen atoms in total. The highest BCUT2D eigenvalue weighted by Crippen LogP contribution is 2.23. The van der Waals surface area contributed by atoms with Crippen molar-refractivity contribution in [1.82, 2.24) is 0 Å². The molecule has 1 aromatic carbocycles. The van der Waals surface area contributed by atoms with Gasteiger partial charge in [-0.05, 0) is 30.7 Å². The number of cyclic esters (lactones) is 1. The van der Waals surface area contributed by atoms with Crippen molar-refractivity contribution >= 4 is 12.0 Å². The molecular formula is C13H14O3. The number of hydrogen-bond donors (Lipinski definition) is 0. The van der Waals surface area contributed by atoms with Crippen molar-refractivity contribution in [3.05, 3.63) is 35.4 Å². The highest BCUT2D eigenvalue weighted by atomic mass is 16.5. The molecule has 1 aliphatic heterocycles. The lowest BCUT2D eigenvalue weighted by Gasteiger charge is -1.99. The van der Waals surface area contributed by atoms with Gasteiger partial charge in [-0.15, -0.1) is 0 Å². The maximum Gasteiger partial charge on any atom is 0.334 e. The maximum atomic E-state index is 11.4. The van der Waals surface area contributed by atoms with Gasteiger partial charge in [0.15, 0.2) is 0 Å². The van der Waals surface area contributed by atoms with E-state index in [1.54, 1.807) is 7.11 Å². The molecule has 0 radical (unpaired) electrons. The summed E-state index contributed by atoms with van der Waals surface area (Å²) in [6, 6.07) is 7.58. The molecular weight excluding hydrogens is 204 g/mol. The van der Waals surface area contributed by atoms with Crippen LogP contribution in [0.2, 0.25) is 0 Å². The number of carbonyl (C=O) groups is 1. The molecule has 0 aliphatic carbocycles. The Balaban J connectivity index is 2.19. The summed E-state index contributed by atoms with van der Waals surface area (Å²) in [5.41, 5.74) is 1.72. The fourth-order valence-corrected chi connectivity index (χ4v) is 1.71. The third-order valence-corrected chi connectivity index (χ3v) is 2.53. The minimum absolute atomic E-state index is 0.00278. The number of esters is 1. The SMILES string of the molecule is COc1ccc(/C=C2/CC(C)OC2=O)cc1. The zero-order valence-corrected chi connectivity index (χ0v) is 9.40. The first-order valence-corrected chi connectivity index (χ1v) is 5.24. The molecule has 1 saturated heterocycles. The van der Waals surface area contributed by atoms with Crippen LogP contribution in [-0.2, 0) is 9.53 Å². The number of hydrogen-bond acceptors (Lipinski definition) is 3. The van der Waals surface area contributed by atoms with E-state index in [0.717, 1.165) is 16.9 Å². The molecule has 2 rings (SSSR count). The first-order chi connectivity index (χ1) is 7.69. The highest BCUT2D eigenvalue weighted by molar-refractivity contribution is 5.95. The lowest BCUT2D eigenvalue weighted by Crippen LogP contribution is -1.99. The third-order valence-electron chi connectivity index (χ3n) is 2.53. The monoisotopic (exact) mass is 218 g/mol. The molecule has 16 heavy (non-hydrogen) atoms. The zero-order chi connectivity index (χ0) is 11.5. The van der Waals surface area contributed by atoms with Crippen LogP contribution in [0.25, 0.3) is 6.08 Å². The predicted molar refractivity (Wildman–Crippen MR) is 61.1 cm³/mol. The summed E-state index contributed by atoms with van der Waals surface area (Å²) < 4.78 is 10.1. The molecule has 0 spiro atoms. The van der Waals surface area contributed by atoms with Crippen molar-refractivity contribution in [2.45, 2.75) is 19.4 Å². The minimum Gasteiger partial charge on any atom is -0.497 e. The summed E-state index contributed by atoms with van der Waals surface area (Å²) in [6.45, 7) is 1.90. The van der Waals surface area contributed by atoms with Crippen molar-refractivity contribution in [1.29, 1.82) is 0 Å². The van der Waals surface area contributed by atoms with Gasteiger partial charge in [-0.25, -0.2) is 4.79 Å². The standard InChI is InChI=1S/C13H14O3/c1-9-7-11(13(14)16-9)8-10-3-5-12(15-2)6-4-10/h3-6,8-9H,7H2,1-2H3/b11-8-. The number of ether oxygens (including phenoxy) is 2. The van der Waals surface area contributed by atoms with E-state index in [1.807, 2.05) is 37.3 Å². The Morgan fingerprint density at radius 3 is 2.56 bits per heavy atom. The van der Waals surface area contributed by atoms with Crippen LogP contribution in [0.1, 0.15) is 18.9 Å². The fourth-order valence-electron chi connectivity index (χ4n) is 1.71. The Morgan fingerprint density at radius 1 is 1.38 bits per heavy atom. The number of carbonyl (C=O) groups excluding carboxylic acids is 1. The summed E-state index contributed by atoms with van der Waals surface area (Å²) in [5.74, 6) is 0.604. The van der Waals surface area contributed by atoms with Crippen molar-refractivity contribution < 1.29 is 14.3 Å². The molecule has 0 aromatic heterocycles. The summed E-state index contributed by atoms with van der Waals surface area (Å²) in [6.07, 6.45) is 2.55. The Hall–Kier alpha value is -1.77. The molecule has 0 N–H and O–H groups in total. The van der Waals surface area contributed by atoms with Gasteiger partial charge in [0.25, 0.3) is 0 Å². The van der Waals surface area contributed by atoms with Crippen LogP contribution in [0.15, 0.2) is 29.8 Å². The molecule has 1 fully saturated rings. The van der Waals surface area contributed by atoms with Gasteiger partial charge in [0.05, 0.1) is 7.11 Å². The highest BCUT2D eigenvalue weighted by Gasteiger charge is 2.24. The average Bonchev–Trinajstić information content (AvgIpc) is 2.59. The van der Waals surface area contributed by atoms with E-state index in [1.165, 1.54) is 0 Å². The van der Waals surface area contributed by atoms with Gasteiger partial charge in [-0.2, -0.15) is 0 Å². The first kappa shape index (κ1) is 10.7. The van der Waals surface area contributed by atoms with Gasteiger partial charge in [-0.1, -0.05) is 12.1 Å². The summed E-state index contributed by atoms with van der Waals surface area (Å²) >= 11 is 0. The molecule has 1 heterocycles. The second-order valence-corrected chi connectivity index (χ2v) is 3.86. The molecule has 84 valence electrons. The zero-order valence-electron chi connectivity index (χ0n) is 9.40. The summed E-state index contributed by atoms with van der Waals surface area (Å²) in [7, 11) is 1.63. The Kier molecular flexibility index (Phi) is 2.95. The quantitative estimate of drug-likeness (QED) is 0.565. The molecule has 1 aliphatic rings. The van der Waals surface area contributed by atoms with Crippen LogP contribution in [0, 0.1) is 0 Å². The van der Waals surface area contributed by atoms with Gasteiger partial charge in [-0.3, -0.25) is 0 Å². The lowest BCUT2D eigenvalue weighted by molar-refractivity contribution is -0.138. The number of rotatable bonds is 2. The molecule has 1 aromatic rings. The normalized spacial score (nSPS) is 22.2.